The molecule has 0 saturated heterocycles. The highest BCUT2D eigenvalue weighted by Gasteiger charge is 2.21. The zero-order chi connectivity index (χ0) is 8.97. The lowest BCUT2D eigenvalue weighted by molar-refractivity contribution is -0.146. The second-order valence-electron chi connectivity index (χ2n) is 2.27. The average molecular weight is 168 g/mol. The number of carbonyl (C=O) groups excluding carboxylic acids is 2. The van der Waals surface area contributed by atoms with Crippen LogP contribution in [0.5, 0.6) is 0 Å². The molecule has 1 N–H and O–H groups in total. The molecule has 0 saturated carbocycles. The summed E-state index contributed by atoms with van der Waals surface area (Å²) in [6.45, 7) is 0. The number of aliphatic hydroxyl groups excluding tert-OH is 1. The monoisotopic (exact) mass is 168 g/mol. The zero-order valence-electron chi connectivity index (χ0n) is 6.21. The van der Waals surface area contributed by atoms with E-state index in [1.54, 1.807) is 0 Å². The van der Waals surface area contributed by atoms with Crippen molar-refractivity contribution in [2.24, 2.45) is 0 Å². The van der Waals surface area contributed by atoms with Crippen LogP contribution in [0.25, 0.3) is 0 Å². The maximum absolute atomic E-state index is 10.6. The van der Waals surface area contributed by atoms with Gasteiger partial charge in [0.25, 0.3) is 0 Å². The molecule has 64 valence electrons. The minimum atomic E-state index is -0.862. The minimum Gasteiger partial charge on any atom is -0.452 e. The molecule has 1 rings (SSSR count). The van der Waals surface area contributed by atoms with Crippen LogP contribution in [0.15, 0.2) is 24.3 Å². The number of aliphatic hydroxyl groups is 1. The molecule has 0 fully saturated rings. The first-order valence-electron chi connectivity index (χ1n) is 3.43. The first-order chi connectivity index (χ1) is 5.74. The van der Waals surface area contributed by atoms with Gasteiger partial charge in [0, 0.05) is 6.08 Å². The van der Waals surface area contributed by atoms with E-state index in [2.05, 4.69) is 4.74 Å². The van der Waals surface area contributed by atoms with Crippen molar-refractivity contribution in [2.75, 3.05) is 0 Å². The van der Waals surface area contributed by atoms with Gasteiger partial charge < -0.3 is 9.84 Å². The number of aldehydes is 1. The van der Waals surface area contributed by atoms with Gasteiger partial charge in [-0.2, -0.15) is 0 Å². The Kier molecular flexibility index (Phi) is 2.76. The van der Waals surface area contributed by atoms with Crippen molar-refractivity contribution in [3.05, 3.63) is 24.3 Å². The number of hydrogen-bond donors (Lipinski definition) is 1. The van der Waals surface area contributed by atoms with Crippen LogP contribution in [0.1, 0.15) is 0 Å². The highest BCUT2D eigenvalue weighted by Crippen LogP contribution is 2.09. The van der Waals surface area contributed by atoms with Crippen molar-refractivity contribution in [2.45, 2.75) is 12.2 Å². The molecule has 0 radical (unpaired) electrons. The number of esters is 1. The number of cyclic esters (lactones) is 1. The van der Waals surface area contributed by atoms with Crippen molar-refractivity contribution in [1.29, 1.82) is 0 Å². The van der Waals surface area contributed by atoms with E-state index in [0.717, 1.165) is 6.08 Å². The van der Waals surface area contributed by atoms with Gasteiger partial charge in [0.2, 0.25) is 0 Å². The van der Waals surface area contributed by atoms with Crippen LogP contribution in [-0.2, 0) is 14.3 Å². The summed E-state index contributed by atoms with van der Waals surface area (Å²) in [5, 5.41) is 9.18. The third-order valence-corrected chi connectivity index (χ3v) is 1.40. The summed E-state index contributed by atoms with van der Waals surface area (Å²) >= 11 is 0. The largest absolute Gasteiger partial charge is 0.452 e. The predicted octanol–water partition coefficient (Wildman–Crippen LogP) is -0.416. The van der Waals surface area contributed by atoms with E-state index < -0.39 is 18.2 Å². The molecule has 0 aromatic rings. The van der Waals surface area contributed by atoms with Crippen molar-refractivity contribution in [3.63, 3.8) is 0 Å². The molecule has 1 heterocycles. The fourth-order valence-corrected chi connectivity index (χ4v) is 0.838. The van der Waals surface area contributed by atoms with Crippen molar-refractivity contribution in [3.8, 4) is 0 Å². The highest BCUT2D eigenvalue weighted by atomic mass is 16.6. The smallest absolute Gasteiger partial charge is 0.331 e. The summed E-state index contributed by atoms with van der Waals surface area (Å²) in [6, 6.07) is 0. The molecule has 0 aliphatic carbocycles. The summed E-state index contributed by atoms with van der Waals surface area (Å²) in [6.07, 6.45) is 3.94. The Labute approximate surface area is 69.1 Å². The van der Waals surface area contributed by atoms with Gasteiger partial charge in [-0.15, -0.1) is 0 Å². The number of ether oxygens (including phenoxy) is 1. The van der Waals surface area contributed by atoms with E-state index in [1.165, 1.54) is 18.2 Å². The molecule has 1 aliphatic rings. The third-order valence-electron chi connectivity index (χ3n) is 1.40. The SMILES string of the molecule is O=C/C=C/C1OC(=O)C=CC1O. The van der Waals surface area contributed by atoms with Crippen LogP contribution in [0.3, 0.4) is 0 Å². The maximum atomic E-state index is 10.6. The van der Waals surface area contributed by atoms with Crippen LogP contribution in [-0.4, -0.2) is 29.6 Å². The topological polar surface area (TPSA) is 63.6 Å². The van der Waals surface area contributed by atoms with Crippen molar-refractivity contribution >= 4 is 12.3 Å². The predicted molar refractivity (Wildman–Crippen MR) is 40.2 cm³/mol. The highest BCUT2D eigenvalue weighted by molar-refractivity contribution is 5.83. The lowest BCUT2D eigenvalue weighted by Gasteiger charge is -2.19. The Balaban J connectivity index is 2.65. The first kappa shape index (κ1) is 8.67. The fourth-order valence-electron chi connectivity index (χ4n) is 0.838. The molecule has 2 atom stereocenters. The second-order valence-corrected chi connectivity index (χ2v) is 2.27. The molecule has 4 nitrogen and oxygen atoms in total. The van der Waals surface area contributed by atoms with E-state index in [0.29, 0.717) is 6.29 Å². The molecule has 0 spiro atoms. The summed E-state index contributed by atoms with van der Waals surface area (Å²) in [5.41, 5.74) is 0. The molecule has 0 aromatic carbocycles. The first-order valence-corrected chi connectivity index (χ1v) is 3.43. The Morgan fingerprint density at radius 1 is 1.58 bits per heavy atom. The van der Waals surface area contributed by atoms with E-state index in [9.17, 15) is 14.7 Å². The van der Waals surface area contributed by atoms with Gasteiger partial charge in [-0.1, -0.05) is 0 Å². The summed E-state index contributed by atoms with van der Waals surface area (Å²) in [5.74, 6) is -0.513. The van der Waals surface area contributed by atoms with E-state index in [-0.39, 0.29) is 0 Å². The second kappa shape index (κ2) is 3.82. The molecule has 0 amide bonds. The van der Waals surface area contributed by atoms with Gasteiger partial charge >= 0.3 is 5.97 Å². The number of hydrogen-bond acceptors (Lipinski definition) is 4. The van der Waals surface area contributed by atoms with Gasteiger partial charge in [0.05, 0.1) is 0 Å². The zero-order valence-corrected chi connectivity index (χ0v) is 6.21. The Morgan fingerprint density at radius 3 is 3.00 bits per heavy atom. The molecule has 1 aliphatic heterocycles. The van der Waals surface area contributed by atoms with Crippen molar-refractivity contribution in [1.82, 2.24) is 0 Å². The van der Waals surface area contributed by atoms with Crippen LogP contribution >= 0.6 is 0 Å². The quantitative estimate of drug-likeness (QED) is 0.345. The molecule has 0 aromatic heterocycles. The van der Waals surface area contributed by atoms with Crippen molar-refractivity contribution < 1.29 is 19.4 Å². The van der Waals surface area contributed by atoms with Gasteiger partial charge in [-0.3, -0.25) is 4.79 Å². The maximum Gasteiger partial charge on any atom is 0.331 e. The van der Waals surface area contributed by atoms with Gasteiger partial charge in [-0.25, -0.2) is 4.79 Å². The van der Waals surface area contributed by atoms with Crippen LogP contribution in [0, 0.1) is 0 Å². The average Bonchev–Trinajstić information content (AvgIpc) is 2.07. The Morgan fingerprint density at radius 2 is 2.33 bits per heavy atom. The van der Waals surface area contributed by atoms with Crippen LogP contribution < -0.4 is 0 Å². The summed E-state index contributed by atoms with van der Waals surface area (Å²) in [7, 11) is 0. The minimum absolute atomic E-state index is 0.513. The molecular formula is C8H8O4. The Bertz CT molecular complexity index is 241. The Hall–Kier alpha value is -1.42. The lowest BCUT2D eigenvalue weighted by atomic mass is 10.1. The van der Waals surface area contributed by atoms with Crippen LogP contribution in [0.4, 0.5) is 0 Å². The standard InChI is InChI=1S/C8H8O4/c9-5-1-2-7-6(10)3-4-8(11)12-7/h1-7,10H/b2-1+. The van der Waals surface area contributed by atoms with Gasteiger partial charge in [0.1, 0.15) is 12.4 Å². The third kappa shape index (κ3) is 2.03. The van der Waals surface area contributed by atoms with Gasteiger partial charge in [-0.05, 0) is 18.2 Å². The molecule has 12 heavy (non-hydrogen) atoms. The normalized spacial score (nSPS) is 28.9. The molecular weight excluding hydrogens is 160 g/mol. The number of rotatable bonds is 2. The molecule has 0 bridgehead atoms. The van der Waals surface area contributed by atoms with E-state index in [1.807, 2.05) is 0 Å². The number of allylic oxidation sites excluding steroid dienone is 1. The lowest BCUT2D eigenvalue weighted by Crippen LogP contribution is -2.31. The molecule has 2 unspecified atom stereocenters. The van der Waals surface area contributed by atoms with Crippen LogP contribution in [0.2, 0.25) is 0 Å². The number of carbonyl (C=O) groups is 2. The molecule has 4 heteroatoms. The summed E-state index contributed by atoms with van der Waals surface area (Å²) in [4.78, 5) is 20.5. The van der Waals surface area contributed by atoms with E-state index >= 15 is 0 Å². The van der Waals surface area contributed by atoms with Gasteiger partial charge in [0.15, 0.2) is 6.10 Å². The van der Waals surface area contributed by atoms with E-state index in [4.69, 9.17) is 0 Å². The fraction of sp³-hybridized carbons (Fsp3) is 0.250. The summed E-state index contributed by atoms with van der Waals surface area (Å²) < 4.78 is 4.68.